The molecule has 414 valence electrons. The fourth-order valence-electron chi connectivity index (χ4n) is 13.3. The zero-order valence-corrected chi connectivity index (χ0v) is 48.8. The van der Waals surface area contributed by atoms with E-state index in [0.29, 0.717) is 23.0 Å². The van der Waals surface area contributed by atoms with E-state index < -0.39 is 0 Å². The first-order chi connectivity index (χ1) is 43.2. The molecular formula is C80H56BN7. The first-order valence-electron chi connectivity index (χ1n) is 30.0. The lowest BCUT2D eigenvalue weighted by atomic mass is 9.33. The van der Waals surface area contributed by atoms with Crippen molar-refractivity contribution >= 4 is 79.0 Å². The van der Waals surface area contributed by atoms with Gasteiger partial charge in [-0.25, -0.2) is 15.0 Å². The molecule has 0 fully saturated rings. The zero-order valence-electron chi connectivity index (χ0n) is 48.8. The number of hydrogen-bond donors (Lipinski definition) is 0. The number of hydrogen-bond acceptors (Lipinski definition) is 6. The van der Waals surface area contributed by atoms with Gasteiger partial charge in [-0.05, 0) is 146 Å². The van der Waals surface area contributed by atoms with Crippen LogP contribution in [-0.4, -0.2) is 26.2 Å². The Bertz CT molecular complexity index is 4860. The van der Waals surface area contributed by atoms with Gasteiger partial charge in [-0.1, -0.05) is 221 Å². The van der Waals surface area contributed by atoms with Crippen LogP contribution < -0.4 is 26.2 Å². The smallest absolute Gasteiger partial charge is 0.252 e. The van der Waals surface area contributed by atoms with Crippen molar-refractivity contribution in [1.29, 1.82) is 5.26 Å². The number of nitriles is 1. The SMILES string of the molecule is CC(C)(C)c1ccc2c3cc(-c4cc5c6c(c4)N(c4ccccc4)c4cc(-c7ccccc7)ccc4B6c4ccc(-c6ccccc6)cc4N5c4ccccc4)ccc3n(-c3ccc(C#N)cc3-c3nc(-c4ccccc4)nc(-c4ccccc4)n3)c2c1. The molecule has 0 N–H and O–H groups in total. The van der Waals surface area contributed by atoms with E-state index in [9.17, 15) is 5.26 Å². The van der Waals surface area contributed by atoms with Crippen LogP contribution in [0, 0.1) is 11.3 Å². The Balaban J connectivity index is 0.959. The summed E-state index contributed by atoms with van der Waals surface area (Å²) in [7, 11) is 0. The van der Waals surface area contributed by atoms with Crippen LogP contribution >= 0.6 is 0 Å². The van der Waals surface area contributed by atoms with Crippen LogP contribution in [0.2, 0.25) is 0 Å². The molecule has 0 bridgehead atoms. The Morgan fingerprint density at radius 2 is 0.807 bits per heavy atom. The molecule has 0 spiro atoms. The van der Waals surface area contributed by atoms with E-state index >= 15 is 0 Å². The lowest BCUT2D eigenvalue weighted by molar-refractivity contribution is 0.591. The molecule has 2 aromatic heterocycles. The molecule has 2 aliphatic heterocycles. The molecule has 0 saturated carbocycles. The lowest BCUT2D eigenvalue weighted by Crippen LogP contribution is -2.61. The summed E-state index contributed by atoms with van der Waals surface area (Å²) in [5.74, 6) is 1.57. The van der Waals surface area contributed by atoms with Crippen LogP contribution in [0.15, 0.2) is 285 Å². The maximum Gasteiger partial charge on any atom is 0.252 e. The summed E-state index contributed by atoms with van der Waals surface area (Å²) in [4.78, 5) is 20.6. The first kappa shape index (κ1) is 52.2. The van der Waals surface area contributed by atoms with Gasteiger partial charge in [0.05, 0.1) is 28.4 Å². The highest BCUT2D eigenvalue weighted by Crippen LogP contribution is 2.48. The van der Waals surface area contributed by atoms with Crippen LogP contribution in [-0.2, 0) is 5.41 Å². The minimum Gasteiger partial charge on any atom is -0.311 e. The third kappa shape index (κ3) is 8.86. The fraction of sp³-hybridized carbons (Fsp3) is 0.0500. The normalized spacial score (nSPS) is 12.4. The van der Waals surface area contributed by atoms with Crippen molar-refractivity contribution in [3.8, 4) is 79.3 Å². The third-order valence-electron chi connectivity index (χ3n) is 17.6. The number of anilines is 6. The van der Waals surface area contributed by atoms with Gasteiger partial charge in [0, 0.05) is 61.6 Å². The lowest BCUT2D eigenvalue weighted by Gasteiger charge is -2.44. The van der Waals surface area contributed by atoms with Gasteiger partial charge in [-0.3, -0.25) is 0 Å². The molecular weight excluding hydrogens is 1070 g/mol. The van der Waals surface area contributed by atoms with Crippen molar-refractivity contribution in [3.05, 3.63) is 296 Å². The van der Waals surface area contributed by atoms with Crippen LogP contribution in [0.5, 0.6) is 0 Å². The van der Waals surface area contributed by atoms with Gasteiger partial charge in [0.25, 0.3) is 6.71 Å². The van der Waals surface area contributed by atoms with E-state index in [0.717, 1.165) is 101 Å². The van der Waals surface area contributed by atoms with Gasteiger partial charge < -0.3 is 14.4 Å². The molecule has 7 nitrogen and oxygen atoms in total. The van der Waals surface area contributed by atoms with Gasteiger partial charge >= 0.3 is 0 Å². The van der Waals surface area contributed by atoms with Gasteiger partial charge in [0.1, 0.15) is 0 Å². The summed E-state index contributed by atoms with van der Waals surface area (Å²) in [6.07, 6.45) is 0. The number of para-hydroxylation sites is 2. The highest BCUT2D eigenvalue weighted by atomic mass is 15.2. The van der Waals surface area contributed by atoms with Crippen LogP contribution in [0.4, 0.5) is 34.1 Å². The first-order valence-corrected chi connectivity index (χ1v) is 30.0. The van der Waals surface area contributed by atoms with E-state index in [-0.39, 0.29) is 12.1 Å². The predicted molar refractivity (Wildman–Crippen MR) is 364 cm³/mol. The van der Waals surface area contributed by atoms with Gasteiger partial charge in [-0.15, -0.1) is 0 Å². The van der Waals surface area contributed by atoms with Crippen molar-refractivity contribution < 1.29 is 0 Å². The van der Waals surface area contributed by atoms with Crippen molar-refractivity contribution in [3.63, 3.8) is 0 Å². The summed E-state index contributed by atoms with van der Waals surface area (Å²) in [5.41, 5.74) is 24.2. The average Bonchev–Trinajstić information content (AvgIpc) is 0.787. The summed E-state index contributed by atoms with van der Waals surface area (Å²) in [5, 5.41) is 12.8. The number of nitrogens with zero attached hydrogens (tertiary/aromatic N) is 7. The molecule has 0 unspecified atom stereocenters. The molecule has 4 heterocycles. The van der Waals surface area contributed by atoms with Crippen molar-refractivity contribution in [2.45, 2.75) is 26.2 Å². The number of benzene rings is 12. The van der Waals surface area contributed by atoms with Gasteiger partial charge in [-0.2, -0.15) is 5.26 Å². The Kier molecular flexibility index (Phi) is 12.4. The average molecular weight is 1130 g/mol. The molecule has 0 radical (unpaired) electrons. The largest absolute Gasteiger partial charge is 0.311 e. The zero-order chi connectivity index (χ0) is 59.0. The molecule has 16 rings (SSSR count). The maximum absolute atomic E-state index is 10.6. The Morgan fingerprint density at radius 1 is 0.352 bits per heavy atom. The Labute approximate surface area is 512 Å². The van der Waals surface area contributed by atoms with Crippen LogP contribution in [0.25, 0.3) is 95.0 Å². The molecule has 0 atom stereocenters. The summed E-state index contributed by atoms with van der Waals surface area (Å²) in [6, 6.07) is 105. The van der Waals surface area contributed by atoms with E-state index in [1.807, 2.05) is 72.8 Å². The second-order valence-electron chi connectivity index (χ2n) is 23.9. The molecule has 14 aromatic rings. The minimum absolute atomic E-state index is 0.0883. The highest BCUT2D eigenvalue weighted by Gasteiger charge is 2.44. The summed E-state index contributed by atoms with van der Waals surface area (Å²) in [6.45, 7) is 6.70. The van der Waals surface area contributed by atoms with E-state index in [1.54, 1.807) is 0 Å². The molecule has 12 aromatic carbocycles. The van der Waals surface area contributed by atoms with Crippen LogP contribution in [0.1, 0.15) is 31.9 Å². The van der Waals surface area contributed by atoms with E-state index in [1.165, 1.54) is 33.1 Å². The topological polar surface area (TPSA) is 73.9 Å². The van der Waals surface area contributed by atoms with E-state index in [2.05, 4.69) is 254 Å². The Morgan fingerprint density at radius 3 is 1.31 bits per heavy atom. The molecule has 0 amide bonds. The van der Waals surface area contributed by atoms with Gasteiger partial charge in [0.2, 0.25) is 0 Å². The molecule has 88 heavy (non-hydrogen) atoms. The van der Waals surface area contributed by atoms with Crippen molar-refractivity contribution in [2.24, 2.45) is 0 Å². The molecule has 0 aliphatic carbocycles. The van der Waals surface area contributed by atoms with E-state index in [4.69, 9.17) is 15.0 Å². The molecule has 2 aliphatic rings. The van der Waals surface area contributed by atoms with Crippen LogP contribution in [0.3, 0.4) is 0 Å². The quantitative estimate of drug-likeness (QED) is 0.134. The Hall–Kier alpha value is -11.4. The number of aromatic nitrogens is 4. The maximum atomic E-state index is 10.6. The second kappa shape index (κ2) is 21.0. The molecule has 8 heteroatoms. The predicted octanol–water partition coefficient (Wildman–Crippen LogP) is 18.2. The molecule has 0 saturated heterocycles. The summed E-state index contributed by atoms with van der Waals surface area (Å²) >= 11 is 0. The third-order valence-corrected chi connectivity index (χ3v) is 17.6. The minimum atomic E-state index is -0.157. The standard InChI is InChI=1S/C80H56BN7/c1-80(2,3)61-38-39-64-65-45-57(37-43-69(65)88(71(64)50-61)70-42-34-52(51-82)44-66(70)79-84-77(55-26-14-6-15-27-55)83-78(85-79)56-28-16-7-17-29-56)60-48-74-76-75(49-60)87(63-32-20-9-21-33-63)73-47-59(54-24-12-5-13-25-54)36-41-68(73)81(76)67-40-35-58(53-22-10-4-11-23-53)46-72(67)86(74)62-30-18-8-19-31-62/h4-50H,1-3H3. The number of fused-ring (bicyclic) bond motifs is 7. The monoisotopic (exact) mass is 1130 g/mol. The van der Waals surface area contributed by atoms with Gasteiger partial charge in [0.15, 0.2) is 17.5 Å². The van der Waals surface area contributed by atoms with Crippen molar-refractivity contribution in [1.82, 2.24) is 19.5 Å². The van der Waals surface area contributed by atoms with Crippen molar-refractivity contribution in [2.75, 3.05) is 9.80 Å². The second-order valence-corrected chi connectivity index (χ2v) is 23.9. The number of rotatable bonds is 9. The summed E-state index contributed by atoms with van der Waals surface area (Å²) < 4.78 is 2.35. The highest BCUT2D eigenvalue weighted by molar-refractivity contribution is 7.00. The fourth-order valence-corrected chi connectivity index (χ4v) is 13.3.